The molecule has 0 unspecified atom stereocenters. The van der Waals surface area contributed by atoms with Crippen molar-refractivity contribution >= 4 is 29.1 Å². The van der Waals surface area contributed by atoms with E-state index in [0.717, 1.165) is 75.8 Å². The molecule has 2 aromatic rings. The van der Waals surface area contributed by atoms with E-state index in [1.54, 1.807) is 0 Å². The Labute approximate surface area is 263 Å². The predicted molar refractivity (Wildman–Crippen MR) is 174 cm³/mol. The molecule has 3 saturated heterocycles. The zero-order valence-corrected chi connectivity index (χ0v) is 27.1. The van der Waals surface area contributed by atoms with Gasteiger partial charge >= 0.3 is 0 Å². The highest BCUT2D eigenvalue weighted by molar-refractivity contribution is 6.42. The van der Waals surface area contributed by atoms with Crippen LogP contribution in [0.2, 0.25) is 10.0 Å². The minimum absolute atomic E-state index is 0.101. The molecule has 0 aliphatic carbocycles. The highest BCUT2D eigenvalue weighted by Gasteiger charge is 2.38. The number of piperidine rings is 2. The van der Waals surface area contributed by atoms with E-state index in [1.807, 2.05) is 44.2 Å². The molecule has 3 fully saturated rings. The summed E-state index contributed by atoms with van der Waals surface area (Å²) >= 11 is 13.0. The quantitative estimate of drug-likeness (QED) is 0.291. The van der Waals surface area contributed by atoms with Crippen molar-refractivity contribution < 1.29 is 9.53 Å². The van der Waals surface area contributed by atoms with Crippen LogP contribution in [0.25, 0.3) is 0 Å². The number of amides is 1. The Morgan fingerprint density at radius 2 is 1.69 bits per heavy atom. The highest BCUT2D eigenvalue weighted by atomic mass is 35.5. The summed E-state index contributed by atoms with van der Waals surface area (Å²) in [7, 11) is 0. The normalized spacial score (nSPS) is 23.2. The Hall–Kier alpha value is -1.79. The minimum Gasteiger partial charge on any atom is -0.491 e. The van der Waals surface area contributed by atoms with Gasteiger partial charge in [0, 0.05) is 24.5 Å². The van der Waals surface area contributed by atoms with Crippen molar-refractivity contribution in [2.24, 2.45) is 0 Å². The summed E-state index contributed by atoms with van der Waals surface area (Å²) in [5.41, 5.74) is 2.07. The van der Waals surface area contributed by atoms with Crippen molar-refractivity contribution in [3.05, 3.63) is 63.6 Å². The summed E-state index contributed by atoms with van der Waals surface area (Å²) in [6, 6.07) is 14.9. The third-order valence-electron chi connectivity index (χ3n) is 9.71. The van der Waals surface area contributed by atoms with Crippen molar-refractivity contribution in [3.8, 4) is 5.75 Å². The van der Waals surface area contributed by atoms with Gasteiger partial charge in [-0.2, -0.15) is 0 Å². The third kappa shape index (κ3) is 8.22. The fourth-order valence-electron chi connectivity index (χ4n) is 7.36. The molecule has 3 aliphatic heterocycles. The number of hydrogen-bond acceptors (Lipinski definition) is 4. The summed E-state index contributed by atoms with van der Waals surface area (Å²) in [6.07, 6.45) is 11.3. The van der Waals surface area contributed by atoms with Crippen molar-refractivity contribution in [1.29, 1.82) is 0 Å². The van der Waals surface area contributed by atoms with Crippen molar-refractivity contribution in [3.63, 3.8) is 0 Å². The fraction of sp³-hybridized carbons (Fsp3) is 0.629. The zero-order valence-electron chi connectivity index (χ0n) is 25.6. The van der Waals surface area contributed by atoms with Gasteiger partial charge in [-0.15, -0.1) is 0 Å². The molecular formula is C35H49Cl2N3O2. The van der Waals surface area contributed by atoms with Crippen molar-refractivity contribution in [2.75, 3.05) is 45.8 Å². The number of carbonyl (C=O) groups is 1. The van der Waals surface area contributed by atoms with E-state index in [0.29, 0.717) is 16.5 Å². The molecule has 1 amide bonds. The topological polar surface area (TPSA) is 36.0 Å². The first-order valence-electron chi connectivity index (χ1n) is 16.3. The van der Waals surface area contributed by atoms with E-state index in [1.165, 1.54) is 50.8 Å². The Morgan fingerprint density at radius 1 is 0.929 bits per heavy atom. The number of benzene rings is 2. The molecule has 3 aliphatic rings. The van der Waals surface area contributed by atoms with E-state index in [-0.39, 0.29) is 17.4 Å². The second-order valence-electron chi connectivity index (χ2n) is 13.1. The number of likely N-dealkylation sites (tertiary alicyclic amines) is 3. The lowest BCUT2D eigenvalue weighted by atomic mass is 9.73. The number of rotatable bonds is 9. The van der Waals surface area contributed by atoms with Crippen molar-refractivity contribution in [1.82, 2.24) is 14.7 Å². The first kappa shape index (κ1) is 31.6. The highest BCUT2D eigenvalue weighted by Crippen LogP contribution is 2.40. The summed E-state index contributed by atoms with van der Waals surface area (Å²) in [6.45, 7) is 11.5. The Balaban J connectivity index is 1.29. The molecule has 0 saturated carbocycles. The molecule has 3 heterocycles. The number of carbonyl (C=O) groups excluding carboxylic acids is 1. The molecule has 0 spiro atoms. The van der Waals surface area contributed by atoms with Crippen LogP contribution in [0.4, 0.5) is 0 Å². The fourth-order valence-corrected chi connectivity index (χ4v) is 7.66. The predicted octanol–water partition coefficient (Wildman–Crippen LogP) is 7.61. The second-order valence-corrected chi connectivity index (χ2v) is 13.9. The summed E-state index contributed by atoms with van der Waals surface area (Å²) in [5, 5.41) is 1.18. The third-order valence-corrected chi connectivity index (χ3v) is 10.4. The molecule has 1 atom stereocenters. The molecule has 0 N–H and O–H groups in total. The summed E-state index contributed by atoms with van der Waals surface area (Å²) in [4.78, 5) is 21.3. The van der Waals surface area contributed by atoms with Gasteiger partial charge in [-0.05, 0) is 127 Å². The molecule has 230 valence electrons. The first-order valence-corrected chi connectivity index (χ1v) is 17.0. The van der Waals surface area contributed by atoms with Crippen LogP contribution < -0.4 is 4.74 Å². The SMILES string of the molecule is CC(C)Oc1cccc(CC(=O)N2CCCC[C@](CCN3CCC(N4CCCCC4)CC3)(c3ccc(Cl)c(Cl)c3)C2)c1. The molecule has 5 nitrogen and oxygen atoms in total. The molecule has 0 aromatic heterocycles. The van der Waals surface area contributed by atoms with E-state index >= 15 is 0 Å². The van der Waals surface area contributed by atoms with E-state index in [2.05, 4.69) is 26.8 Å². The molecular weight excluding hydrogens is 565 g/mol. The van der Waals surface area contributed by atoms with E-state index in [4.69, 9.17) is 27.9 Å². The standard InChI is InChI=1S/C35H49Cl2N3O2/c1-27(2)42-31-10-8-9-28(23-31)24-34(41)40-19-7-4-15-35(26-40,29-11-12-32(36)33(37)25-29)16-22-38-20-13-30(14-21-38)39-17-5-3-6-18-39/h8-12,23,25,27,30H,3-7,13-22,24,26H2,1-2H3/t35-/m1/s1. The van der Waals surface area contributed by atoms with Gasteiger partial charge < -0.3 is 19.4 Å². The maximum atomic E-state index is 13.8. The number of nitrogens with zero attached hydrogens (tertiary/aromatic N) is 3. The number of hydrogen-bond donors (Lipinski definition) is 0. The lowest BCUT2D eigenvalue weighted by Crippen LogP contribution is -2.48. The van der Waals surface area contributed by atoms with Crippen molar-refractivity contribution in [2.45, 2.75) is 95.6 Å². The average molecular weight is 615 g/mol. The van der Waals surface area contributed by atoms with Crippen LogP contribution >= 0.6 is 23.2 Å². The van der Waals surface area contributed by atoms with Crippen LogP contribution in [0.5, 0.6) is 5.75 Å². The van der Waals surface area contributed by atoms with Crippen LogP contribution in [0.3, 0.4) is 0 Å². The van der Waals surface area contributed by atoms with Gasteiger partial charge in [0.25, 0.3) is 0 Å². The Kier molecular flexibility index (Phi) is 11.1. The molecule has 42 heavy (non-hydrogen) atoms. The first-order chi connectivity index (χ1) is 20.3. The van der Waals surface area contributed by atoms with Crippen LogP contribution in [0, 0.1) is 0 Å². The molecule has 7 heteroatoms. The monoisotopic (exact) mass is 613 g/mol. The lowest BCUT2D eigenvalue weighted by Gasteiger charge is -2.42. The minimum atomic E-state index is -0.146. The van der Waals surface area contributed by atoms with E-state index < -0.39 is 0 Å². The number of ether oxygens (including phenoxy) is 1. The maximum Gasteiger partial charge on any atom is 0.227 e. The van der Waals surface area contributed by atoms with Crippen LogP contribution in [0.15, 0.2) is 42.5 Å². The molecule has 5 rings (SSSR count). The lowest BCUT2D eigenvalue weighted by molar-refractivity contribution is -0.131. The molecule has 0 bridgehead atoms. The van der Waals surface area contributed by atoms with Gasteiger partial charge in [0.15, 0.2) is 0 Å². The van der Waals surface area contributed by atoms with Gasteiger partial charge in [0.1, 0.15) is 5.75 Å². The largest absolute Gasteiger partial charge is 0.491 e. The van der Waals surface area contributed by atoms with Gasteiger partial charge in [-0.25, -0.2) is 0 Å². The zero-order chi connectivity index (χ0) is 29.5. The average Bonchev–Trinajstić information content (AvgIpc) is 3.22. The summed E-state index contributed by atoms with van der Waals surface area (Å²) in [5.74, 6) is 1.01. The van der Waals surface area contributed by atoms with Gasteiger partial charge in [-0.3, -0.25) is 4.79 Å². The van der Waals surface area contributed by atoms with Crippen LogP contribution in [-0.4, -0.2) is 78.6 Å². The molecule has 2 aromatic carbocycles. The Bertz CT molecular complexity index is 1180. The summed E-state index contributed by atoms with van der Waals surface area (Å²) < 4.78 is 5.89. The second kappa shape index (κ2) is 14.8. The number of halogens is 2. The van der Waals surface area contributed by atoms with E-state index in [9.17, 15) is 4.79 Å². The van der Waals surface area contributed by atoms with Crippen LogP contribution in [0.1, 0.15) is 82.8 Å². The van der Waals surface area contributed by atoms with Crippen LogP contribution in [-0.2, 0) is 16.6 Å². The Morgan fingerprint density at radius 3 is 2.43 bits per heavy atom. The molecule has 0 radical (unpaired) electrons. The van der Waals surface area contributed by atoms with Gasteiger partial charge in [0.2, 0.25) is 5.91 Å². The maximum absolute atomic E-state index is 13.8. The smallest absolute Gasteiger partial charge is 0.227 e. The van der Waals surface area contributed by atoms with Gasteiger partial charge in [0.05, 0.1) is 22.6 Å². The van der Waals surface area contributed by atoms with Gasteiger partial charge in [-0.1, -0.05) is 54.2 Å².